The smallest absolute Gasteiger partial charge is 0.315 e. The van der Waals surface area contributed by atoms with Crippen molar-refractivity contribution in [3.8, 4) is 5.75 Å². The molecule has 0 aromatic heterocycles. The average Bonchev–Trinajstić information content (AvgIpc) is 2.16. The molecule has 4 nitrogen and oxygen atoms in total. The number of Topliss-reactive ketones (excluding diaryl/α,β-unsaturated/α-hetero) is 1. The summed E-state index contributed by atoms with van der Waals surface area (Å²) in [6.07, 6.45) is -0.0985. The summed E-state index contributed by atoms with van der Waals surface area (Å²) in [5.74, 6) is -1.25. The molecule has 0 aliphatic heterocycles. The van der Waals surface area contributed by atoms with E-state index in [0.717, 1.165) is 0 Å². The number of carboxylic acid groups (broad SMARTS) is 1. The van der Waals surface area contributed by atoms with Gasteiger partial charge in [-0.05, 0) is 18.2 Å². The number of carbonyl (C=O) groups excluding carboxylic acids is 1. The maximum atomic E-state index is 11.2. The van der Waals surface area contributed by atoms with Crippen LogP contribution in [0.4, 0.5) is 0 Å². The summed E-state index contributed by atoms with van der Waals surface area (Å²) >= 11 is 3.22. The van der Waals surface area contributed by atoms with Crippen molar-refractivity contribution in [1.29, 1.82) is 0 Å². The Labute approximate surface area is 100 Å². The summed E-state index contributed by atoms with van der Waals surface area (Å²) in [6, 6.07) is 4.59. The number of aromatic hydroxyl groups is 1. The minimum atomic E-state index is -1.25. The third-order valence-corrected chi connectivity index (χ3v) is 3.37. The quantitative estimate of drug-likeness (QED) is 0.869. The number of rotatable bonds is 2. The van der Waals surface area contributed by atoms with Gasteiger partial charge in [0.25, 0.3) is 0 Å². The Balaban J connectivity index is 2.52. The summed E-state index contributed by atoms with van der Waals surface area (Å²) in [6.45, 7) is 0. The van der Waals surface area contributed by atoms with E-state index in [0.29, 0.717) is 10.0 Å². The number of benzene rings is 1. The molecule has 0 unspecified atom stereocenters. The highest BCUT2D eigenvalue weighted by Gasteiger charge is 2.52. The number of carboxylic acids is 1. The molecule has 1 aromatic rings. The first-order chi connectivity index (χ1) is 7.45. The summed E-state index contributed by atoms with van der Waals surface area (Å²) in [4.78, 5) is 22.3. The van der Waals surface area contributed by atoms with Gasteiger partial charge in [-0.3, -0.25) is 9.59 Å². The number of halogens is 1. The van der Waals surface area contributed by atoms with Crippen molar-refractivity contribution in [3.63, 3.8) is 0 Å². The van der Waals surface area contributed by atoms with Crippen molar-refractivity contribution in [2.24, 2.45) is 0 Å². The lowest BCUT2D eigenvalue weighted by molar-refractivity contribution is -0.153. The van der Waals surface area contributed by atoms with Gasteiger partial charge in [0.05, 0.1) is 0 Å². The second-order valence-corrected chi connectivity index (χ2v) is 4.86. The molecule has 0 atom stereocenters. The Hall–Kier alpha value is -1.36. The maximum absolute atomic E-state index is 11.2. The van der Waals surface area contributed by atoms with Crippen LogP contribution in [0, 0.1) is 0 Å². The molecule has 2 N–H and O–H groups in total. The molecule has 0 amide bonds. The SMILES string of the molecule is O=C1CC(C(=O)O)(c2cc(Br)ccc2O)C1. The molecule has 0 heterocycles. The number of phenolic OH excluding ortho intramolecular Hbond substituents is 1. The second-order valence-electron chi connectivity index (χ2n) is 3.94. The average molecular weight is 285 g/mol. The van der Waals surface area contributed by atoms with Gasteiger partial charge in [-0.2, -0.15) is 0 Å². The lowest BCUT2D eigenvalue weighted by atomic mass is 9.63. The van der Waals surface area contributed by atoms with E-state index in [4.69, 9.17) is 0 Å². The summed E-state index contributed by atoms with van der Waals surface area (Å²) in [5.41, 5.74) is -0.945. The van der Waals surface area contributed by atoms with Crippen molar-refractivity contribution in [1.82, 2.24) is 0 Å². The van der Waals surface area contributed by atoms with Crippen LogP contribution >= 0.6 is 15.9 Å². The Kier molecular flexibility index (Phi) is 2.50. The maximum Gasteiger partial charge on any atom is 0.315 e. The van der Waals surface area contributed by atoms with Crippen LogP contribution in [-0.4, -0.2) is 22.0 Å². The van der Waals surface area contributed by atoms with Gasteiger partial charge in [0, 0.05) is 22.9 Å². The largest absolute Gasteiger partial charge is 0.508 e. The van der Waals surface area contributed by atoms with Gasteiger partial charge in [0.2, 0.25) is 0 Å². The zero-order chi connectivity index (χ0) is 11.9. The molecule has 1 aromatic carbocycles. The highest BCUT2D eigenvalue weighted by atomic mass is 79.9. The van der Waals surface area contributed by atoms with Crippen molar-refractivity contribution in [2.75, 3.05) is 0 Å². The van der Waals surface area contributed by atoms with E-state index in [2.05, 4.69) is 15.9 Å². The molecule has 0 bridgehead atoms. The normalized spacial score (nSPS) is 17.9. The van der Waals surface area contributed by atoms with Crippen LogP contribution in [0.15, 0.2) is 22.7 Å². The fourth-order valence-electron chi connectivity index (χ4n) is 1.97. The van der Waals surface area contributed by atoms with Crippen molar-refractivity contribution in [2.45, 2.75) is 18.3 Å². The Bertz CT molecular complexity index is 473. The molecule has 1 saturated carbocycles. The van der Waals surface area contributed by atoms with E-state index in [-0.39, 0.29) is 24.4 Å². The predicted octanol–water partition coefficient (Wildman–Crippen LogP) is 1.84. The topological polar surface area (TPSA) is 74.6 Å². The van der Waals surface area contributed by atoms with Crippen LogP contribution in [-0.2, 0) is 15.0 Å². The van der Waals surface area contributed by atoms with Gasteiger partial charge in [-0.25, -0.2) is 0 Å². The highest BCUT2D eigenvalue weighted by molar-refractivity contribution is 9.10. The number of ketones is 1. The molecule has 0 radical (unpaired) electrons. The standard InChI is InChI=1S/C11H9BrO4/c12-6-1-2-9(14)8(3-6)11(10(15)16)4-7(13)5-11/h1-3,14H,4-5H2,(H,15,16). The van der Waals surface area contributed by atoms with E-state index >= 15 is 0 Å². The minimum Gasteiger partial charge on any atom is -0.508 e. The van der Waals surface area contributed by atoms with Gasteiger partial charge in [-0.1, -0.05) is 15.9 Å². The number of phenols is 1. The Morgan fingerprint density at radius 3 is 2.50 bits per heavy atom. The molecule has 2 rings (SSSR count). The van der Waals surface area contributed by atoms with E-state index in [1.165, 1.54) is 6.07 Å². The van der Waals surface area contributed by atoms with Crippen LogP contribution in [0.2, 0.25) is 0 Å². The van der Waals surface area contributed by atoms with E-state index < -0.39 is 11.4 Å². The molecule has 16 heavy (non-hydrogen) atoms. The molecular formula is C11H9BrO4. The molecule has 84 valence electrons. The molecule has 0 saturated heterocycles. The van der Waals surface area contributed by atoms with Gasteiger partial charge < -0.3 is 10.2 Å². The molecule has 0 spiro atoms. The van der Waals surface area contributed by atoms with Crippen LogP contribution in [0.1, 0.15) is 18.4 Å². The summed E-state index contributed by atoms with van der Waals surface area (Å²) < 4.78 is 0.681. The van der Waals surface area contributed by atoms with Gasteiger partial charge >= 0.3 is 5.97 Å². The molecule has 1 fully saturated rings. The Morgan fingerprint density at radius 1 is 1.38 bits per heavy atom. The monoisotopic (exact) mass is 284 g/mol. The summed E-state index contributed by atoms with van der Waals surface area (Å²) in [5, 5.41) is 18.9. The predicted molar refractivity (Wildman–Crippen MR) is 59.4 cm³/mol. The van der Waals surface area contributed by atoms with E-state index in [9.17, 15) is 19.8 Å². The van der Waals surface area contributed by atoms with Crippen molar-refractivity contribution >= 4 is 27.7 Å². The van der Waals surface area contributed by atoms with Crippen LogP contribution in [0.3, 0.4) is 0 Å². The lowest BCUT2D eigenvalue weighted by Crippen LogP contribution is -2.48. The van der Waals surface area contributed by atoms with Gasteiger partial charge in [0.1, 0.15) is 16.9 Å². The third kappa shape index (κ3) is 1.51. The second kappa shape index (κ2) is 3.59. The fourth-order valence-corrected chi connectivity index (χ4v) is 2.33. The minimum absolute atomic E-state index is 0.0493. The third-order valence-electron chi connectivity index (χ3n) is 2.88. The lowest BCUT2D eigenvalue weighted by Gasteiger charge is -2.36. The molecule has 5 heteroatoms. The van der Waals surface area contributed by atoms with E-state index in [1.807, 2.05) is 0 Å². The first-order valence-corrected chi connectivity index (χ1v) is 5.49. The van der Waals surface area contributed by atoms with Crippen LogP contribution in [0.25, 0.3) is 0 Å². The van der Waals surface area contributed by atoms with E-state index in [1.54, 1.807) is 12.1 Å². The number of carbonyl (C=O) groups is 2. The van der Waals surface area contributed by atoms with Crippen molar-refractivity contribution < 1.29 is 19.8 Å². The first-order valence-electron chi connectivity index (χ1n) is 4.70. The van der Waals surface area contributed by atoms with Gasteiger partial charge in [-0.15, -0.1) is 0 Å². The van der Waals surface area contributed by atoms with Crippen LogP contribution < -0.4 is 0 Å². The zero-order valence-corrected chi connectivity index (χ0v) is 9.82. The van der Waals surface area contributed by atoms with Crippen molar-refractivity contribution in [3.05, 3.63) is 28.2 Å². The molecule has 1 aliphatic carbocycles. The highest BCUT2D eigenvalue weighted by Crippen LogP contribution is 2.45. The zero-order valence-electron chi connectivity index (χ0n) is 8.24. The molecular weight excluding hydrogens is 276 g/mol. The van der Waals surface area contributed by atoms with Gasteiger partial charge in [0.15, 0.2) is 0 Å². The number of hydrogen-bond acceptors (Lipinski definition) is 3. The summed E-state index contributed by atoms with van der Waals surface area (Å²) in [7, 11) is 0. The van der Waals surface area contributed by atoms with Crippen LogP contribution in [0.5, 0.6) is 5.75 Å². The molecule has 1 aliphatic rings. The number of aliphatic carboxylic acids is 1. The fraction of sp³-hybridized carbons (Fsp3) is 0.273. The number of hydrogen-bond donors (Lipinski definition) is 2. The Morgan fingerprint density at radius 2 is 2.00 bits per heavy atom. The first kappa shape index (κ1) is 11.1.